The fourth-order valence-corrected chi connectivity index (χ4v) is 2.81. The highest BCUT2D eigenvalue weighted by Crippen LogP contribution is 2.22. The Labute approximate surface area is 124 Å². The third-order valence-corrected chi connectivity index (χ3v) is 3.73. The molecule has 1 fully saturated rings. The predicted octanol–water partition coefficient (Wildman–Crippen LogP) is 2.82. The van der Waals surface area contributed by atoms with Crippen LogP contribution < -0.4 is 5.32 Å². The van der Waals surface area contributed by atoms with Crippen molar-refractivity contribution in [2.24, 2.45) is 5.92 Å². The smallest absolute Gasteiger partial charge is 0.311 e. The average Bonchev–Trinajstić information content (AvgIpc) is 2.74. The fourth-order valence-electron chi connectivity index (χ4n) is 2.43. The lowest BCUT2D eigenvalue weighted by Gasteiger charge is -2.18. The maximum absolute atomic E-state index is 12.3. The Hall–Kier alpha value is -0.660. The van der Waals surface area contributed by atoms with Crippen molar-refractivity contribution in [3.63, 3.8) is 0 Å². The minimum Gasteiger partial charge on any atom is -0.311 e. The lowest BCUT2D eigenvalue weighted by atomic mass is 10.1. The summed E-state index contributed by atoms with van der Waals surface area (Å²) in [7, 11) is 0. The van der Waals surface area contributed by atoms with E-state index in [1.165, 1.54) is 4.90 Å². The zero-order chi connectivity index (χ0) is 14.6. The van der Waals surface area contributed by atoms with Crippen LogP contribution in [0.15, 0.2) is 22.8 Å². The molecule has 1 aromatic rings. The molecule has 0 aromatic carbocycles. The standard InChI is InChI=1S/C13H17BrF3N3/c14-12-3-1-2-11(19-12)7-18-6-10-4-5-20(8-10)9-13(15,16)17/h1-3,10,18H,4-9H2. The lowest BCUT2D eigenvalue weighted by Crippen LogP contribution is -2.33. The van der Waals surface area contributed by atoms with Crippen molar-refractivity contribution in [3.8, 4) is 0 Å². The van der Waals surface area contributed by atoms with Crippen molar-refractivity contribution in [1.82, 2.24) is 15.2 Å². The van der Waals surface area contributed by atoms with E-state index in [9.17, 15) is 13.2 Å². The maximum atomic E-state index is 12.3. The summed E-state index contributed by atoms with van der Waals surface area (Å²) in [5, 5.41) is 3.26. The highest BCUT2D eigenvalue weighted by atomic mass is 79.9. The molecule has 0 spiro atoms. The first-order valence-electron chi connectivity index (χ1n) is 6.53. The summed E-state index contributed by atoms with van der Waals surface area (Å²) in [6.45, 7) is 1.61. The van der Waals surface area contributed by atoms with E-state index >= 15 is 0 Å². The summed E-state index contributed by atoms with van der Waals surface area (Å²) in [5.41, 5.74) is 0.921. The molecule has 0 radical (unpaired) electrons. The topological polar surface area (TPSA) is 28.2 Å². The van der Waals surface area contributed by atoms with Crippen LogP contribution in [0.3, 0.4) is 0 Å². The Bertz CT molecular complexity index is 439. The molecule has 1 atom stereocenters. The van der Waals surface area contributed by atoms with E-state index in [1.807, 2.05) is 18.2 Å². The van der Waals surface area contributed by atoms with Crippen molar-refractivity contribution in [1.29, 1.82) is 0 Å². The van der Waals surface area contributed by atoms with E-state index < -0.39 is 12.7 Å². The number of hydrogen-bond acceptors (Lipinski definition) is 3. The van der Waals surface area contributed by atoms with Crippen molar-refractivity contribution >= 4 is 15.9 Å². The molecule has 1 aliphatic rings. The van der Waals surface area contributed by atoms with Crippen LogP contribution in [-0.4, -0.2) is 42.2 Å². The quantitative estimate of drug-likeness (QED) is 0.826. The van der Waals surface area contributed by atoms with Gasteiger partial charge in [0.15, 0.2) is 0 Å². The zero-order valence-corrected chi connectivity index (χ0v) is 12.5. The zero-order valence-electron chi connectivity index (χ0n) is 11.0. The van der Waals surface area contributed by atoms with E-state index in [2.05, 4.69) is 26.2 Å². The van der Waals surface area contributed by atoms with Gasteiger partial charge in [-0.25, -0.2) is 4.98 Å². The van der Waals surface area contributed by atoms with Gasteiger partial charge in [0.05, 0.1) is 12.2 Å². The van der Waals surface area contributed by atoms with Crippen molar-refractivity contribution in [3.05, 3.63) is 28.5 Å². The normalized spacial score (nSPS) is 20.5. The van der Waals surface area contributed by atoms with Crippen LogP contribution in [0.2, 0.25) is 0 Å². The number of nitrogens with one attached hydrogen (secondary N) is 1. The molecule has 1 N–H and O–H groups in total. The second-order valence-corrected chi connectivity index (χ2v) is 5.90. The molecule has 0 aliphatic carbocycles. The number of halogens is 4. The number of likely N-dealkylation sites (tertiary alicyclic amines) is 1. The minimum atomic E-state index is -4.09. The number of pyridine rings is 1. The van der Waals surface area contributed by atoms with Gasteiger partial charge in [0.1, 0.15) is 4.60 Å². The molecule has 0 amide bonds. The van der Waals surface area contributed by atoms with Gasteiger partial charge in [0.2, 0.25) is 0 Å². The monoisotopic (exact) mass is 351 g/mol. The van der Waals surface area contributed by atoms with Crippen LogP contribution in [0, 0.1) is 5.92 Å². The first kappa shape index (κ1) is 15.7. The van der Waals surface area contributed by atoms with E-state index in [0.717, 1.165) is 23.3 Å². The van der Waals surface area contributed by atoms with Crippen molar-refractivity contribution in [2.75, 3.05) is 26.2 Å². The molecule has 112 valence electrons. The van der Waals surface area contributed by atoms with E-state index in [1.54, 1.807) is 0 Å². The highest BCUT2D eigenvalue weighted by Gasteiger charge is 2.34. The summed E-state index contributed by atoms with van der Waals surface area (Å²) in [4.78, 5) is 5.77. The summed E-state index contributed by atoms with van der Waals surface area (Å²) >= 11 is 3.30. The van der Waals surface area contributed by atoms with Gasteiger partial charge in [-0.1, -0.05) is 6.07 Å². The van der Waals surface area contributed by atoms with Crippen LogP contribution in [0.1, 0.15) is 12.1 Å². The van der Waals surface area contributed by atoms with Gasteiger partial charge < -0.3 is 5.32 Å². The Morgan fingerprint density at radius 2 is 2.20 bits per heavy atom. The van der Waals surface area contributed by atoms with E-state index in [4.69, 9.17) is 0 Å². The van der Waals surface area contributed by atoms with Gasteiger partial charge in [-0.05, 0) is 53.5 Å². The van der Waals surface area contributed by atoms with Gasteiger partial charge >= 0.3 is 6.18 Å². The Balaban J connectivity index is 1.68. The average molecular weight is 352 g/mol. The van der Waals surface area contributed by atoms with Gasteiger partial charge in [-0.15, -0.1) is 0 Å². The first-order chi connectivity index (χ1) is 9.42. The lowest BCUT2D eigenvalue weighted by molar-refractivity contribution is -0.143. The van der Waals surface area contributed by atoms with Crippen LogP contribution in [-0.2, 0) is 6.54 Å². The third-order valence-electron chi connectivity index (χ3n) is 3.28. The molecule has 1 aliphatic heterocycles. The van der Waals surface area contributed by atoms with Gasteiger partial charge in [0.25, 0.3) is 0 Å². The van der Waals surface area contributed by atoms with Crippen LogP contribution in [0.4, 0.5) is 13.2 Å². The number of rotatable bonds is 5. The Morgan fingerprint density at radius 1 is 1.40 bits per heavy atom. The largest absolute Gasteiger partial charge is 0.401 e. The molecule has 20 heavy (non-hydrogen) atoms. The summed E-state index contributed by atoms with van der Waals surface area (Å²) in [6.07, 6.45) is -3.28. The summed E-state index contributed by atoms with van der Waals surface area (Å²) in [6, 6.07) is 5.69. The van der Waals surface area contributed by atoms with Gasteiger partial charge in [0, 0.05) is 13.1 Å². The molecule has 2 heterocycles. The van der Waals surface area contributed by atoms with Crippen LogP contribution in [0.5, 0.6) is 0 Å². The van der Waals surface area contributed by atoms with Gasteiger partial charge in [-0.2, -0.15) is 13.2 Å². The van der Waals surface area contributed by atoms with Crippen LogP contribution >= 0.6 is 15.9 Å². The van der Waals surface area contributed by atoms with Gasteiger partial charge in [-0.3, -0.25) is 4.90 Å². The second kappa shape index (κ2) is 6.87. The molecule has 1 saturated heterocycles. The molecule has 2 rings (SSSR count). The fraction of sp³-hybridized carbons (Fsp3) is 0.615. The Morgan fingerprint density at radius 3 is 2.90 bits per heavy atom. The summed E-state index contributed by atoms with van der Waals surface area (Å²) in [5.74, 6) is 0.282. The first-order valence-corrected chi connectivity index (χ1v) is 7.33. The number of alkyl halides is 3. The van der Waals surface area contributed by atoms with E-state index in [-0.39, 0.29) is 5.92 Å². The third kappa shape index (κ3) is 5.38. The molecular formula is C13H17BrF3N3. The van der Waals surface area contributed by atoms with Crippen molar-refractivity contribution in [2.45, 2.75) is 19.1 Å². The molecule has 1 unspecified atom stereocenters. The van der Waals surface area contributed by atoms with Crippen LogP contribution in [0.25, 0.3) is 0 Å². The molecular weight excluding hydrogens is 335 g/mol. The number of hydrogen-bond donors (Lipinski definition) is 1. The Kier molecular flexibility index (Phi) is 5.40. The molecule has 1 aromatic heterocycles. The predicted molar refractivity (Wildman–Crippen MR) is 74.2 cm³/mol. The highest BCUT2D eigenvalue weighted by molar-refractivity contribution is 9.10. The molecule has 0 saturated carbocycles. The van der Waals surface area contributed by atoms with E-state index in [0.29, 0.717) is 19.6 Å². The molecule has 3 nitrogen and oxygen atoms in total. The van der Waals surface area contributed by atoms with Crippen molar-refractivity contribution < 1.29 is 13.2 Å². The molecule has 7 heteroatoms. The molecule has 0 bridgehead atoms. The number of nitrogens with zero attached hydrogens (tertiary/aromatic N) is 2. The maximum Gasteiger partial charge on any atom is 0.401 e. The second-order valence-electron chi connectivity index (χ2n) is 5.09. The number of aromatic nitrogens is 1. The minimum absolute atomic E-state index is 0.282. The SMILES string of the molecule is FC(F)(F)CN1CCC(CNCc2cccc(Br)n2)C1. The summed E-state index contributed by atoms with van der Waals surface area (Å²) < 4.78 is 37.6.